The monoisotopic (exact) mass is 240 g/mol. The van der Waals surface area contributed by atoms with Crippen molar-refractivity contribution in [1.29, 1.82) is 0 Å². The van der Waals surface area contributed by atoms with Gasteiger partial charge < -0.3 is 20.5 Å². The van der Waals surface area contributed by atoms with E-state index < -0.39 is 0 Å². The Morgan fingerprint density at radius 1 is 1.41 bits per heavy atom. The molecule has 0 radical (unpaired) electrons. The van der Waals surface area contributed by atoms with Crippen molar-refractivity contribution in [2.45, 2.75) is 26.4 Å². The molecule has 1 aromatic heterocycles. The molecular formula is C11H20N4O2. The fourth-order valence-electron chi connectivity index (χ4n) is 1.38. The number of hydrogen-bond acceptors (Lipinski definition) is 6. The molecule has 0 atom stereocenters. The molecule has 0 bridgehead atoms. The van der Waals surface area contributed by atoms with Gasteiger partial charge in [0.25, 0.3) is 0 Å². The van der Waals surface area contributed by atoms with Crippen LogP contribution in [-0.4, -0.2) is 35.8 Å². The van der Waals surface area contributed by atoms with E-state index in [1.807, 2.05) is 20.8 Å². The number of nitrogens with two attached hydrogens (primary N) is 1. The Morgan fingerprint density at radius 3 is 2.71 bits per heavy atom. The van der Waals surface area contributed by atoms with Gasteiger partial charge in [-0.1, -0.05) is 0 Å². The molecule has 0 aliphatic rings. The highest BCUT2D eigenvalue weighted by atomic mass is 16.5. The van der Waals surface area contributed by atoms with Crippen LogP contribution in [0.25, 0.3) is 0 Å². The molecule has 3 N–H and O–H groups in total. The Kier molecular flexibility index (Phi) is 4.51. The van der Waals surface area contributed by atoms with Crippen molar-refractivity contribution in [3.63, 3.8) is 0 Å². The van der Waals surface area contributed by atoms with E-state index in [1.165, 1.54) is 7.11 Å². The highest BCUT2D eigenvalue weighted by Crippen LogP contribution is 2.16. The zero-order chi connectivity index (χ0) is 12.9. The number of hydrogen-bond donors (Lipinski definition) is 2. The lowest BCUT2D eigenvalue weighted by atomic mass is 10.1. The van der Waals surface area contributed by atoms with Crippen LogP contribution in [0.3, 0.4) is 0 Å². The highest BCUT2D eigenvalue weighted by molar-refractivity contribution is 5.42. The van der Waals surface area contributed by atoms with Gasteiger partial charge in [0.1, 0.15) is 5.82 Å². The van der Waals surface area contributed by atoms with Gasteiger partial charge in [-0.3, -0.25) is 0 Å². The predicted octanol–water partition coefficient (Wildman–Crippen LogP) is 1.29. The molecule has 0 amide bonds. The van der Waals surface area contributed by atoms with Crippen molar-refractivity contribution in [3.8, 4) is 5.88 Å². The molecule has 1 aromatic rings. The van der Waals surface area contributed by atoms with E-state index in [-0.39, 0.29) is 11.5 Å². The van der Waals surface area contributed by atoms with Crippen molar-refractivity contribution in [2.24, 2.45) is 0 Å². The second-order valence-electron chi connectivity index (χ2n) is 4.20. The lowest BCUT2D eigenvalue weighted by Crippen LogP contribution is -2.33. The SMILES string of the molecule is CCOC(C)(C)CNc1cc(OC)nc(N)n1. The van der Waals surface area contributed by atoms with E-state index in [4.69, 9.17) is 15.2 Å². The van der Waals surface area contributed by atoms with Crippen molar-refractivity contribution in [3.05, 3.63) is 6.07 Å². The maximum Gasteiger partial charge on any atom is 0.225 e. The van der Waals surface area contributed by atoms with Crippen molar-refractivity contribution in [2.75, 3.05) is 31.3 Å². The van der Waals surface area contributed by atoms with Crippen LogP contribution in [0.5, 0.6) is 5.88 Å². The first-order chi connectivity index (χ1) is 7.96. The van der Waals surface area contributed by atoms with Crippen LogP contribution in [0.15, 0.2) is 6.07 Å². The molecule has 17 heavy (non-hydrogen) atoms. The largest absolute Gasteiger partial charge is 0.481 e. The molecule has 0 spiro atoms. The van der Waals surface area contributed by atoms with Gasteiger partial charge in [0, 0.05) is 19.2 Å². The van der Waals surface area contributed by atoms with Gasteiger partial charge in [0.15, 0.2) is 0 Å². The van der Waals surface area contributed by atoms with Crippen LogP contribution in [0.4, 0.5) is 11.8 Å². The molecule has 6 nitrogen and oxygen atoms in total. The van der Waals surface area contributed by atoms with Crippen molar-refractivity contribution >= 4 is 11.8 Å². The van der Waals surface area contributed by atoms with Gasteiger partial charge >= 0.3 is 0 Å². The second kappa shape index (κ2) is 5.67. The minimum absolute atomic E-state index is 0.182. The number of ether oxygens (including phenoxy) is 2. The number of aromatic nitrogens is 2. The summed E-state index contributed by atoms with van der Waals surface area (Å²) in [6, 6.07) is 1.69. The summed E-state index contributed by atoms with van der Waals surface area (Å²) >= 11 is 0. The van der Waals surface area contributed by atoms with Crippen molar-refractivity contribution < 1.29 is 9.47 Å². The minimum Gasteiger partial charge on any atom is -0.481 e. The summed E-state index contributed by atoms with van der Waals surface area (Å²) in [6.45, 7) is 7.27. The first kappa shape index (κ1) is 13.5. The summed E-state index contributed by atoms with van der Waals surface area (Å²) in [5, 5.41) is 3.15. The molecule has 0 fully saturated rings. The van der Waals surface area contributed by atoms with Crippen LogP contribution < -0.4 is 15.8 Å². The molecule has 1 heterocycles. The lowest BCUT2D eigenvalue weighted by molar-refractivity contribution is 0.000637. The molecule has 6 heteroatoms. The van der Waals surface area contributed by atoms with Gasteiger partial charge in [-0.2, -0.15) is 9.97 Å². The molecule has 0 aliphatic carbocycles. The number of methoxy groups -OCH3 is 1. The van der Waals surface area contributed by atoms with Crippen LogP contribution >= 0.6 is 0 Å². The first-order valence-corrected chi connectivity index (χ1v) is 5.53. The van der Waals surface area contributed by atoms with Gasteiger partial charge in [0.2, 0.25) is 11.8 Å². The molecule has 0 saturated carbocycles. The molecule has 0 aromatic carbocycles. The van der Waals surface area contributed by atoms with E-state index in [1.54, 1.807) is 6.07 Å². The van der Waals surface area contributed by atoms with Gasteiger partial charge in [-0.05, 0) is 20.8 Å². The summed E-state index contributed by atoms with van der Waals surface area (Å²) in [6.07, 6.45) is 0. The average molecular weight is 240 g/mol. The second-order valence-corrected chi connectivity index (χ2v) is 4.20. The molecule has 0 unspecified atom stereocenters. The third kappa shape index (κ3) is 4.44. The third-order valence-electron chi connectivity index (χ3n) is 2.16. The van der Waals surface area contributed by atoms with E-state index >= 15 is 0 Å². The molecule has 0 aliphatic heterocycles. The summed E-state index contributed by atoms with van der Waals surface area (Å²) in [4.78, 5) is 7.97. The molecule has 1 rings (SSSR count). The quantitative estimate of drug-likeness (QED) is 0.779. The van der Waals surface area contributed by atoms with E-state index in [2.05, 4.69) is 15.3 Å². The van der Waals surface area contributed by atoms with Gasteiger partial charge in [-0.15, -0.1) is 0 Å². The Morgan fingerprint density at radius 2 is 2.12 bits per heavy atom. The predicted molar refractivity (Wildman–Crippen MR) is 67.2 cm³/mol. The zero-order valence-electron chi connectivity index (χ0n) is 10.8. The van der Waals surface area contributed by atoms with Crippen LogP contribution in [0.2, 0.25) is 0 Å². The summed E-state index contributed by atoms with van der Waals surface area (Å²) in [5.74, 6) is 1.25. The number of nitrogens with zero attached hydrogens (tertiary/aromatic N) is 2. The van der Waals surface area contributed by atoms with Gasteiger partial charge in [-0.25, -0.2) is 0 Å². The number of nitrogen functional groups attached to an aromatic ring is 1. The summed E-state index contributed by atoms with van der Waals surface area (Å²) in [7, 11) is 1.54. The van der Waals surface area contributed by atoms with Crippen molar-refractivity contribution in [1.82, 2.24) is 9.97 Å². The zero-order valence-corrected chi connectivity index (χ0v) is 10.8. The van der Waals surface area contributed by atoms with Crippen LogP contribution in [0, 0.1) is 0 Å². The maximum atomic E-state index is 5.57. The first-order valence-electron chi connectivity index (χ1n) is 5.53. The standard InChI is InChI=1S/C11H20N4O2/c1-5-17-11(2,3)7-13-8-6-9(16-4)15-10(12)14-8/h6H,5,7H2,1-4H3,(H3,12,13,14,15). The fourth-order valence-corrected chi connectivity index (χ4v) is 1.38. The fraction of sp³-hybridized carbons (Fsp3) is 0.636. The number of anilines is 2. The molecule has 0 saturated heterocycles. The molecular weight excluding hydrogens is 220 g/mol. The van der Waals surface area contributed by atoms with E-state index in [9.17, 15) is 0 Å². The maximum absolute atomic E-state index is 5.57. The Labute approximate surface area is 102 Å². The van der Waals surface area contributed by atoms with Crippen LogP contribution in [-0.2, 0) is 4.74 Å². The smallest absolute Gasteiger partial charge is 0.225 e. The number of nitrogens with one attached hydrogen (secondary N) is 1. The van der Waals surface area contributed by atoms with E-state index in [0.29, 0.717) is 24.8 Å². The van der Waals surface area contributed by atoms with Crippen LogP contribution in [0.1, 0.15) is 20.8 Å². The molecule has 96 valence electrons. The minimum atomic E-state index is -0.262. The van der Waals surface area contributed by atoms with Gasteiger partial charge in [0.05, 0.1) is 12.7 Å². The topological polar surface area (TPSA) is 82.3 Å². The Hall–Kier alpha value is -1.56. The lowest BCUT2D eigenvalue weighted by Gasteiger charge is -2.25. The average Bonchev–Trinajstić information content (AvgIpc) is 2.26. The third-order valence-corrected chi connectivity index (χ3v) is 2.16. The summed E-state index contributed by atoms with van der Waals surface area (Å²) < 4.78 is 10.6. The Bertz CT molecular complexity index is 368. The normalized spacial score (nSPS) is 11.3. The highest BCUT2D eigenvalue weighted by Gasteiger charge is 2.17. The number of rotatable bonds is 6. The Balaban J connectivity index is 2.65. The van der Waals surface area contributed by atoms with E-state index in [0.717, 1.165) is 0 Å². The summed E-state index contributed by atoms with van der Waals surface area (Å²) in [5.41, 5.74) is 5.30.